The standard InChI is InChI=1S/C22H26N2O3/c1-3-5-15-8-11-20(21(12-15)26-2)27-14-22(25)24-19-7-4-6-16-13-17(23)9-10-18(16)19/h3,8-13,19H,1,4-7,14,23H2,2H3,(H,24,25). The molecule has 5 heteroatoms. The van der Waals surface area contributed by atoms with E-state index in [1.54, 1.807) is 7.11 Å². The number of allylic oxidation sites excluding steroid dienone is 1. The number of amides is 1. The topological polar surface area (TPSA) is 73.6 Å². The first-order valence-corrected chi connectivity index (χ1v) is 9.19. The highest BCUT2D eigenvalue weighted by Gasteiger charge is 2.22. The van der Waals surface area contributed by atoms with Gasteiger partial charge in [0.15, 0.2) is 18.1 Å². The Morgan fingerprint density at radius 3 is 2.93 bits per heavy atom. The number of carbonyl (C=O) groups is 1. The van der Waals surface area contributed by atoms with Crippen molar-refractivity contribution >= 4 is 11.6 Å². The van der Waals surface area contributed by atoms with Crippen LogP contribution in [0.2, 0.25) is 0 Å². The van der Waals surface area contributed by atoms with E-state index in [1.807, 2.05) is 42.5 Å². The van der Waals surface area contributed by atoms with E-state index in [4.69, 9.17) is 15.2 Å². The lowest BCUT2D eigenvalue weighted by Crippen LogP contribution is -2.34. The van der Waals surface area contributed by atoms with E-state index in [2.05, 4.69) is 11.9 Å². The summed E-state index contributed by atoms with van der Waals surface area (Å²) in [5, 5.41) is 3.08. The number of fused-ring (bicyclic) bond motifs is 1. The average molecular weight is 366 g/mol. The number of hydrogen-bond acceptors (Lipinski definition) is 4. The number of nitrogens with one attached hydrogen (secondary N) is 1. The van der Waals surface area contributed by atoms with Crippen LogP contribution >= 0.6 is 0 Å². The van der Waals surface area contributed by atoms with Crippen molar-refractivity contribution < 1.29 is 14.3 Å². The quantitative estimate of drug-likeness (QED) is 0.580. The van der Waals surface area contributed by atoms with Crippen molar-refractivity contribution in [1.82, 2.24) is 5.32 Å². The van der Waals surface area contributed by atoms with Gasteiger partial charge in [-0.25, -0.2) is 0 Å². The van der Waals surface area contributed by atoms with Gasteiger partial charge in [0.05, 0.1) is 13.2 Å². The Balaban J connectivity index is 1.62. The lowest BCUT2D eigenvalue weighted by Gasteiger charge is -2.26. The lowest BCUT2D eigenvalue weighted by molar-refractivity contribution is -0.124. The second-order valence-electron chi connectivity index (χ2n) is 6.74. The van der Waals surface area contributed by atoms with Gasteiger partial charge in [0.2, 0.25) is 0 Å². The van der Waals surface area contributed by atoms with Crippen LogP contribution < -0.4 is 20.5 Å². The molecular weight excluding hydrogens is 340 g/mol. The molecular formula is C22H26N2O3. The van der Waals surface area contributed by atoms with Crippen molar-refractivity contribution in [2.45, 2.75) is 31.7 Å². The number of nitrogens with two attached hydrogens (primary N) is 1. The van der Waals surface area contributed by atoms with Crippen LogP contribution in [-0.4, -0.2) is 19.6 Å². The van der Waals surface area contributed by atoms with E-state index in [0.717, 1.165) is 42.5 Å². The molecule has 0 fully saturated rings. The highest BCUT2D eigenvalue weighted by atomic mass is 16.5. The minimum Gasteiger partial charge on any atom is -0.493 e. The second-order valence-corrected chi connectivity index (χ2v) is 6.74. The number of rotatable bonds is 7. The lowest BCUT2D eigenvalue weighted by atomic mass is 9.87. The zero-order valence-corrected chi connectivity index (χ0v) is 15.7. The summed E-state index contributed by atoms with van der Waals surface area (Å²) in [5.41, 5.74) is 10.1. The van der Waals surface area contributed by atoms with E-state index in [1.165, 1.54) is 5.56 Å². The van der Waals surface area contributed by atoms with Crippen LogP contribution in [0, 0.1) is 0 Å². The Hall–Kier alpha value is -2.95. The Kier molecular flexibility index (Phi) is 6.01. The molecule has 0 radical (unpaired) electrons. The molecule has 0 bridgehead atoms. The van der Waals surface area contributed by atoms with E-state index in [9.17, 15) is 4.79 Å². The van der Waals surface area contributed by atoms with Crippen molar-refractivity contribution in [1.29, 1.82) is 0 Å². The predicted molar refractivity (Wildman–Crippen MR) is 107 cm³/mol. The van der Waals surface area contributed by atoms with Crippen molar-refractivity contribution in [2.24, 2.45) is 0 Å². The summed E-state index contributed by atoms with van der Waals surface area (Å²) >= 11 is 0. The van der Waals surface area contributed by atoms with Gasteiger partial charge in [-0.2, -0.15) is 0 Å². The average Bonchev–Trinajstić information content (AvgIpc) is 2.67. The van der Waals surface area contributed by atoms with Gasteiger partial charge in [0.25, 0.3) is 5.91 Å². The number of aryl methyl sites for hydroxylation is 1. The van der Waals surface area contributed by atoms with Crippen LogP contribution in [0.4, 0.5) is 5.69 Å². The fraction of sp³-hybridized carbons (Fsp3) is 0.318. The third-order valence-corrected chi connectivity index (χ3v) is 4.78. The van der Waals surface area contributed by atoms with E-state index in [-0.39, 0.29) is 18.6 Å². The monoisotopic (exact) mass is 366 g/mol. The Labute approximate surface area is 160 Å². The molecule has 0 saturated heterocycles. The molecule has 1 unspecified atom stereocenters. The number of hydrogen-bond donors (Lipinski definition) is 2. The van der Waals surface area contributed by atoms with Gasteiger partial charge in [-0.3, -0.25) is 4.79 Å². The number of carbonyl (C=O) groups excluding carboxylic acids is 1. The van der Waals surface area contributed by atoms with Gasteiger partial charge < -0.3 is 20.5 Å². The molecule has 0 spiro atoms. The third-order valence-electron chi connectivity index (χ3n) is 4.78. The van der Waals surface area contributed by atoms with Crippen LogP contribution in [0.3, 0.4) is 0 Å². The first kappa shape index (κ1) is 18.8. The number of methoxy groups -OCH3 is 1. The van der Waals surface area contributed by atoms with Gasteiger partial charge in [-0.15, -0.1) is 6.58 Å². The van der Waals surface area contributed by atoms with Crippen molar-refractivity contribution in [3.63, 3.8) is 0 Å². The van der Waals surface area contributed by atoms with Gasteiger partial charge in [-0.1, -0.05) is 18.2 Å². The molecule has 5 nitrogen and oxygen atoms in total. The minimum atomic E-state index is -0.151. The van der Waals surface area contributed by atoms with Gasteiger partial charge in [-0.05, 0) is 66.6 Å². The third kappa shape index (κ3) is 4.61. The van der Waals surface area contributed by atoms with E-state index in [0.29, 0.717) is 11.5 Å². The number of benzene rings is 2. The molecule has 142 valence electrons. The smallest absolute Gasteiger partial charge is 0.258 e. The molecule has 0 aliphatic heterocycles. The zero-order valence-electron chi connectivity index (χ0n) is 15.7. The molecule has 2 aromatic carbocycles. The van der Waals surface area contributed by atoms with Crippen LogP contribution in [0.1, 0.15) is 35.6 Å². The first-order chi connectivity index (χ1) is 13.1. The highest BCUT2D eigenvalue weighted by molar-refractivity contribution is 5.78. The summed E-state index contributed by atoms with van der Waals surface area (Å²) in [6, 6.07) is 11.6. The largest absolute Gasteiger partial charge is 0.493 e. The molecule has 1 aliphatic carbocycles. The Morgan fingerprint density at radius 1 is 1.30 bits per heavy atom. The molecule has 0 saturated carbocycles. The maximum Gasteiger partial charge on any atom is 0.258 e. The number of anilines is 1. The summed E-state index contributed by atoms with van der Waals surface area (Å²) in [7, 11) is 1.59. The van der Waals surface area contributed by atoms with Gasteiger partial charge in [0, 0.05) is 5.69 Å². The number of nitrogen functional groups attached to an aromatic ring is 1. The summed E-state index contributed by atoms with van der Waals surface area (Å²) in [5.74, 6) is 1.01. The molecule has 2 aromatic rings. The maximum atomic E-state index is 12.4. The van der Waals surface area contributed by atoms with E-state index < -0.39 is 0 Å². The van der Waals surface area contributed by atoms with Crippen molar-refractivity contribution in [3.8, 4) is 11.5 Å². The number of ether oxygens (including phenoxy) is 2. The van der Waals surface area contributed by atoms with Crippen molar-refractivity contribution in [2.75, 3.05) is 19.5 Å². The molecule has 1 atom stereocenters. The van der Waals surface area contributed by atoms with Crippen LogP contribution in [0.25, 0.3) is 0 Å². The maximum absolute atomic E-state index is 12.4. The molecule has 1 aliphatic rings. The molecule has 0 aromatic heterocycles. The fourth-order valence-corrected chi connectivity index (χ4v) is 3.49. The fourth-order valence-electron chi connectivity index (χ4n) is 3.49. The normalized spacial score (nSPS) is 15.5. The van der Waals surface area contributed by atoms with E-state index >= 15 is 0 Å². The minimum absolute atomic E-state index is 0.00214. The molecule has 0 heterocycles. The first-order valence-electron chi connectivity index (χ1n) is 9.19. The van der Waals surface area contributed by atoms with Crippen molar-refractivity contribution in [3.05, 3.63) is 65.7 Å². The SMILES string of the molecule is C=CCc1ccc(OCC(=O)NC2CCCc3cc(N)ccc32)c(OC)c1. The Morgan fingerprint density at radius 2 is 2.15 bits per heavy atom. The molecule has 3 N–H and O–H groups in total. The predicted octanol–water partition coefficient (Wildman–Crippen LogP) is 3.58. The summed E-state index contributed by atoms with van der Waals surface area (Å²) < 4.78 is 11.1. The summed E-state index contributed by atoms with van der Waals surface area (Å²) in [6.45, 7) is 3.68. The van der Waals surface area contributed by atoms with Crippen LogP contribution in [-0.2, 0) is 17.6 Å². The molecule has 27 heavy (non-hydrogen) atoms. The van der Waals surface area contributed by atoms with Gasteiger partial charge >= 0.3 is 0 Å². The second kappa shape index (κ2) is 8.62. The summed E-state index contributed by atoms with van der Waals surface area (Å²) in [6.07, 6.45) is 5.53. The molecule has 1 amide bonds. The highest BCUT2D eigenvalue weighted by Crippen LogP contribution is 2.31. The molecule has 3 rings (SSSR count). The Bertz CT molecular complexity index is 832. The van der Waals surface area contributed by atoms with Crippen LogP contribution in [0.15, 0.2) is 49.1 Å². The van der Waals surface area contributed by atoms with Gasteiger partial charge in [0.1, 0.15) is 0 Å². The zero-order chi connectivity index (χ0) is 19.2. The van der Waals surface area contributed by atoms with Crippen LogP contribution in [0.5, 0.6) is 11.5 Å². The summed E-state index contributed by atoms with van der Waals surface area (Å²) in [4.78, 5) is 12.4.